The predicted octanol–water partition coefficient (Wildman–Crippen LogP) is 7.37. The first-order chi connectivity index (χ1) is 19.4. The number of nitrogens with zero attached hydrogens (tertiary/aromatic N) is 2. The third kappa shape index (κ3) is 4.38. The van der Waals surface area contributed by atoms with Crippen molar-refractivity contribution in [3.8, 4) is 17.0 Å². The summed E-state index contributed by atoms with van der Waals surface area (Å²) in [7, 11) is 0. The molecule has 2 heterocycles. The number of amides is 1. The molecule has 3 aromatic rings. The normalized spacial score (nSPS) is 22.9. The van der Waals surface area contributed by atoms with Gasteiger partial charge in [0.2, 0.25) is 5.91 Å². The quantitative estimate of drug-likeness (QED) is 0.299. The van der Waals surface area contributed by atoms with Crippen LogP contribution >= 0.6 is 23.2 Å². The van der Waals surface area contributed by atoms with E-state index in [-0.39, 0.29) is 18.4 Å². The van der Waals surface area contributed by atoms with Crippen molar-refractivity contribution in [1.29, 1.82) is 0 Å². The van der Waals surface area contributed by atoms with Gasteiger partial charge in [-0.15, -0.1) is 0 Å². The minimum absolute atomic E-state index is 0.172. The molecule has 9 heteroatoms. The predicted molar refractivity (Wildman–Crippen MR) is 151 cm³/mol. The fourth-order valence-electron chi connectivity index (χ4n) is 6.55. The summed E-state index contributed by atoms with van der Waals surface area (Å²) in [6.07, 6.45) is 6.83. The van der Waals surface area contributed by atoms with Crippen molar-refractivity contribution in [1.82, 2.24) is 5.16 Å². The molecule has 0 bridgehead atoms. The second-order valence-electron chi connectivity index (χ2n) is 11.8. The Labute approximate surface area is 242 Å². The number of aromatic nitrogens is 1. The number of ether oxygens (including phenoxy) is 1. The van der Waals surface area contributed by atoms with Crippen molar-refractivity contribution in [2.45, 2.75) is 69.3 Å². The molecular weight excluding hydrogens is 551 g/mol. The first kappa shape index (κ1) is 25.9. The summed E-state index contributed by atoms with van der Waals surface area (Å²) < 4.78 is 12.1. The molecule has 2 aromatic carbocycles. The van der Waals surface area contributed by atoms with Gasteiger partial charge in [-0.1, -0.05) is 34.4 Å². The van der Waals surface area contributed by atoms with Crippen molar-refractivity contribution >= 4 is 40.8 Å². The van der Waals surface area contributed by atoms with Gasteiger partial charge < -0.3 is 19.3 Å². The van der Waals surface area contributed by atoms with Gasteiger partial charge in [-0.3, -0.25) is 9.59 Å². The van der Waals surface area contributed by atoms with E-state index in [1.165, 1.54) is 0 Å². The van der Waals surface area contributed by atoms with E-state index >= 15 is 0 Å². The molecule has 1 N–H and O–H groups in total. The van der Waals surface area contributed by atoms with Crippen LogP contribution in [0.25, 0.3) is 11.3 Å². The van der Waals surface area contributed by atoms with E-state index in [0.29, 0.717) is 58.3 Å². The van der Waals surface area contributed by atoms with Gasteiger partial charge >= 0.3 is 5.97 Å². The van der Waals surface area contributed by atoms with Crippen LogP contribution in [0.2, 0.25) is 10.0 Å². The van der Waals surface area contributed by atoms with Gasteiger partial charge in [0.15, 0.2) is 0 Å². The number of halogens is 2. The molecule has 0 radical (unpaired) electrons. The van der Waals surface area contributed by atoms with Crippen molar-refractivity contribution in [2.75, 3.05) is 11.4 Å². The van der Waals surface area contributed by atoms with E-state index in [1.807, 2.05) is 23.1 Å². The molecule has 0 atom stereocenters. The zero-order chi connectivity index (χ0) is 27.6. The third-order valence-electron chi connectivity index (χ3n) is 9.17. The molecule has 7 nitrogen and oxygen atoms in total. The number of anilines is 1. The first-order valence-electron chi connectivity index (χ1n) is 14.1. The van der Waals surface area contributed by atoms with E-state index in [2.05, 4.69) is 5.16 Å². The van der Waals surface area contributed by atoms with Crippen molar-refractivity contribution in [2.24, 2.45) is 11.8 Å². The molecule has 40 heavy (non-hydrogen) atoms. The number of rotatable bonds is 8. The lowest BCUT2D eigenvalue weighted by atomic mass is 9.82. The number of fused-ring (bicyclic) bond motifs is 2. The van der Waals surface area contributed by atoms with Crippen LogP contribution in [-0.2, 0) is 21.6 Å². The molecule has 1 aliphatic heterocycles. The summed E-state index contributed by atoms with van der Waals surface area (Å²) in [5, 5.41) is 14.7. The van der Waals surface area contributed by atoms with Crippen LogP contribution in [0.1, 0.15) is 74.2 Å². The lowest BCUT2D eigenvalue weighted by Gasteiger charge is -2.30. The Morgan fingerprint density at radius 1 is 1.07 bits per heavy atom. The lowest BCUT2D eigenvalue weighted by Crippen LogP contribution is -2.37. The van der Waals surface area contributed by atoms with E-state index < -0.39 is 11.4 Å². The maximum absolute atomic E-state index is 13.6. The van der Waals surface area contributed by atoms with Crippen LogP contribution in [0.3, 0.4) is 0 Å². The van der Waals surface area contributed by atoms with E-state index in [0.717, 1.165) is 61.1 Å². The fraction of sp³-hybridized carbons (Fsp3) is 0.452. The zero-order valence-electron chi connectivity index (χ0n) is 22.0. The summed E-state index contributed by atoms with van der Waals surface area (Å²) in [4.78, 5) is 26.9. The smallest absolute Gasteiger partial charge is 0.306 e. The Morgan fingerprint density at radius 2 is 1.80 bits per heavy atom. The van der Waals surface area contributed by atoms with Crippen LogP contribution in [0, 0.1) is 11.8 Å². The maximum Gasteiger partial charge on any atom is 0.306 e. The van der Waals surface area contributed by atoms with E-state index in [9.17, 15) is 14.7 Å². The summed E-state index contributed by atoms with van der Waals surface area (Å²) in [5.74, 6) is 1.38. The van der Waals surface area contributed by atoms with Gasteiger partial charge in [0.1, 0.15) is 23.8 Å². The molecule has 1 aromatic heterocycles. The maximum atomic E-state index is 13.6. The highest BCUT2D eigenvalue weighted by Crippen LogP contribution is 2.58. The number of aliphatic carboxylic acids is 1. The van der Waals surface area contributed by atoms with Crippen molar-refractivity contribution < 1.29 is 24.0 Å². The van der Waals surface area contributed by atoms with Crippen LogP contribution in [0.5, 0.6) is 5.75 Å². The topological polar surface area (TPSA) is 92.9 Å². The van der Waals surface area contributed by atoms with Crippen molar-refractivity contribution in [3.05, 3.63) is 63.3 Å². The lowest BCUT2D eigenvalue weighted by molar-refractivity contribution is -0.143. The van der Waals surface area contributed by atoms with Crippen molar-refractivity contribution in [3.63, 3.8) is 0 Å². The molecule has 7 rings (SSSR count). The van der Waals surface area contributed by atoms with Gasteiger partial charge in [0.25, 0.3) is 0 Å². The minimum atomic E-state index is -0.706. The van der Waals surface area contributed by atoms with Gasteiger partial charge in [0.05, 0.1) is 26.9 Å². The number of carbonyl (C=O) groups excluding carboxylic acids is 1. The van der Waals surface area contributed by atoms with Crippen LogP contribution in [-0.4, -0.2) is 28.7 Å². The van der Waals surface area contributed by atoms with Gasteiger partial charge in [-0.2, -0.15) is 0 Å². The van der Waals surface area contributed by atoms with E-state index in [4.69, 9.17) is 32.5 Å². The number of carboxylic acids is 1. The van der Waals surface area contributed by atoms with Crippen LogP contribution < -0.4 is 9.64 Å². The number of hydrogen-bond acceptors (Lipinski definition) is 5. The number of hydrogen-bond donors (Lipinski definition) is 1. The summed E-state index contributed by atoms with van der Waals surface area (Å²) in [5.41, 5.74) is 3.66. The Kier molecular flexibility index (Phi) is 6.35. The standard InChI is InChI=1S/C31H30Cl2N2O5/c32-23-2-1-3-24(33)26(23)27-21(28(40-34-27)18-8-9-18)16-39-20-10-11-25-22(14-20)31(12-13-31)30(38)35(25)15-17-4-6-19(7-5-17)29(36)37/h1-3,10-11,14,17-19H,4-9,12-13,15-16H2,(H,36,37)/t17-,19+. The summed E-state index contributed by atoms with van der Waals surface area (Å²) in [6.45, 7) is 0.899. The largest absolute Gasteiger partial charge is 0.489 e. The molecule has 3 saturated carbocycles. The third-order valence-corrected chi connectivity index (χ3v) is 9.80. The van der Waals surface area contributed by atoms with Gasteiger partial charge in [0, 0.05) is 23.7 Å². The second kappa shape index (κ2) is 9.81. The number of benzene rings is 2. The monoisotopic (exact) mass is 580 g/mol. The second-order valence-corrected chi connectivity index (χ2v) is 12.6. The first-order valence-corrected chi connectivity index (χ1v) is 14.9. The Bertz CT molecular complexity index is 1480. The molecule has 4 aliphatic rings. The highest BCUT2D eigenvalue weighted by Gasteiger charge is 2.59. The molecule has 3 fully saturated rings. The van der Waals surface area contributed by atoms with E-state index in [1.54, 1.807) is 18.2 Å². The summed E-state index contributed by atoms with van der Waals surface area (Å²) in [6, 6.07) is 11.3. The van der Waals surface area contributed by atoms with Gasteiger partial charge in [-0.05, 0) is 93.2 Å². The minimum Gasteiger partial charge on any atom is -0.489 e. The SMILES string of the molecule is O=C1N(C[C@H]2CC[C@@H](C(=O)O)CC2)c2ccc(OCc3c(-c4c(Cl)cccc4Cl)noc3C3CC3)cc2C12CC2. The fourth-order valence-corrected chi connectivity index (χ4v) is 7.13. The molecular formula is C31H30Cl2N2O5. The summed E-state index contributed by atoms with van der Waals surface area (Å²) >= 11 is 13.0. The molecule has 1 amide bonds. The number of carbonyl (C=O) groups is 2. The highest BCUT2D eigenvalue weighted by atomic mass is 35.5. The van der Waals surface area contributed by atoms with Crippen LogP contribution in [0.4, 0.5) is 5.69 Å². The molecule has 0 saturated heterocycles. The van der Waals surface area contributed by atoms with Crippen LogP contribution in [0.15, 0.2) is 40.9 Å². The number of carboxylic acid groups (broad SMARTS) is 1. The Balaban J connectivity index is 1.12. The molecule has 1 spiro atoms. The molecule has 3 aliphatic carbocycles. The van der Waals surface area contributed by atoms with Gasteiger partial charge in [-0.25, -0.2) is 0 Å². The molecule has 208 valence electrons. The Morgan fingerprint density at radius 3 is 2.45 bits per heavy atom. The molecule has 0 unspecified atom stereocenters. The Hall–Kier alpha value is -3.03. The highest BCUT2D eigenvalue weighted by molar-refractivity contribution is 6.39. The average molecular weight is 581 g/mol. The average Bonchev–Trinajstić information content (AvgIpc) is 3.88. The zero-order valence-corrected chi connectivity index (χ0v) is 23.5.